The van der Waals surface area contributed by atoms with E-state index in [4.69, 9.17) is 5.73 Å². The monoisotopic (exact) mass is 275 g/mol. The predicted molar refractivity (Wildman–Crippen MR) is 58.6 cm³/mol. The number of nitrogens with zero attached hydrogens (tertiary/aromatic N) is 2. The van der Waals surface area contributed by atoms with Crippen molar-refractivity contribution in [3.63, 3.8) is 0 Å². The molecular formula is C8H7BrFN3S. The molecule has 0 fully saturated rings. The van der Waals surface area contributed by atoms with Crippen LogP contribution >= 0.6 is 27.3 Å². The van der Waals surface area contributed by atoms with E-state index in [1.807, 2.05) is 11.4 Å². The highest BCUT2D eigenvalue weighted by molar-refractivity contribution is 9.10. The lowest BCUT2D eigenvalue weighted by molar-refractivity contribution is 0.634. The smallest absolute Gasteiger partial charge is 0.193 e. The second-order valence-electron chi connectivity index (χ2n) is 2.77. The maximum Gasteiger partial charge on any atom is 0.193 e. The van der Waals surface area contributed by atoms with E-state index in [2.05, 4.69) is 21.0 Å². The van der Waals surface area contributed by atoms with Crippen molar-refractivity contribution in [3.05, 3.63) is 21.7 Å². The van der Waals surface area contributed by atoms with Crippen LogP contribution in [0.5, 0.6) is 0 Å². The van der Waals surface area contributed by atoms with E-state index in [0.29, 0.717) is 5.69 Å². The standard InChI is InChI=1S/C8H7BrFN3S/c1-13-8(11)5(10)6(12-13)7-4(9)2-3-14-7/h2-3H,11H2,1H3. The van der Waals surface area contributed by atoms with Crippen molar-refractivity contribution in [1.82, 2.24) is 9.78 Å². The topological polar surface area (TPSA) is 43.8 Å². The molecule has 0 aliphatic carbocycles. The van der Waals surface area contributed by atoms with Gasteiger partial charge in [0, 0.05) is 11.5 Å². The Hall–Kier alpha value is -0.880. The van der Waals surface area contributed by atoms with E-state index in [0.717, 1.165) is 9.35 Å². The Morgan fingerprint density at radius 3 is 2.79 bits per heavy atom. The minimum atomic E-state index is -0.462. The maximum absolute atomic E-state index is 13.5. The summed E-state index contributed by atoms with van der Waals surface area (Å²) in [6.07, 6.45) is 0. The number of anilines is 1. The van der Waals surface area contributed by atoms with Crippen LogP contribution in [0.25, 0.3) is 10.6 Å². The zero-order chi connectivity index (χ0) is 10.3. The number of rotatable bonds is 1. The lowest BCUT2D eigenvalue weighted by Crippen LogP contribution is -1.97. The molecule has 0 saturated carbocycles. The van der Waals surface area contributed by atoms with Gasteiger partial charge in [-0.25, -0.2) is 9.07 Å². The fourth-order valence-electron chi connectivity index (χ4n) is 1.12. The third-order valence-electron chi connectivity index (χ3n) is 1.86. The average molecular weight is 276 g/mol. The highest BCUT2D eigenvalue weighted by Gasteiger charge is 2.18. The third-order valence-corrected chi connectivity index (χ3v) is 3.71. The van der Waals surface area contributed by atoms with Crippen LogP contribution < -0.4 is 5.73 Å². The molecule has 0 radical (unpaired) electrons. The molecule has 2 N–H and O–H groups in total. The van der Waals surface area contributed by atoms with Crippen LogP contribution in [0.15, 0.2) is 15.9 Å². The molecule has 6 heteroatoms. The molecule has 0 aliphatic rings. The van der Waals surface area contributed by atoms with Crippen LogP contribution in [0.4, 0.5) is 10.2 Å². The van der Waals surface area contributed by atoms with Gasteiger partial charge in [-0.05, 0) is 27.4 Å². The number of nitrogens with two attached hydrogens (primary N) is 1. The Labute approximate surface area is 92.5 Å². The highest BCUT2D eigenvalue weighted by atomic mass is 79.9. The molecule has 0 atom stereocenters. The fourth-order valence-corrected chi connectivity index (χ4v) is 2.66. The van der Waals surface area contributed by atoms with Crippen molar-refractivity contribution >= 4 is 33.1 Å². The van der Waals surface area contributed by atoms with E-state index in [1.54, 1.807) is 7.05 Å². The van der Waals surface area contributed by atoms with Crippen LogP contribution in [0.2, 0.25) is 0 Å². The highest BCUT2D eigenvalue weighted by Crippen LogP contribution is 2.35. The quantitative estimate of drug-likeness (QED) is 0.870. The van der Waals surface area contributed by atoms with Crippen LogP contribution in [0.3, 0.4) is 0 Å². The average Bonchev–Trinajstić information content (AvgIpc) is 2.66. The van der Waals surface area contributed by atoms with Crippen molar-refractivity contribution in [1.29, 1.82) is 0 Å². The van der Waals surface area contributed by atoms with E-state index in [9.17, 15) is 4.39 Å². The largest absolute Gasteiger partial charge is 0.381 e. The summed E-state index contributed by atoms with van der Waals surface area (Å²) in [5, 5.41) is 5.87. The molecule has 2 aromatic rings. The second kappa shape index (κ2) is 3.36. The summed E-state index contributed by atoms with van der Waals surface area (Å²) in [4.78, 5) is 0.759. The first kappa shape index (κ1) is 9.67. The van der Waals surface area contributed by atoms with Crippen molar-refractivity contribution in [2.75, 3.05) is 5.73 Å². The third kappa shape index (κ3) is 1.34. The van der Waals surface area contributed by atoms with Gasteiger partial charge in [-0.1, -0.05) is 0 Å². The fraction of sp³-hybridized carbons (Fsp3) is 0.125. The molecule has 2 heterocycles. The molecule has 3 nitrogen and oxygen atoms in total. The molecule has 0 aromatic carbocycles. The summed E-state index contributed by atoms with van der Waals surface area (Å²) in [5.41, 5.74) is 5.77. The summed E-state index contributed by atoms with van der Waals surface area (Å²) >= 11 is 4.75. The number of nitrogen functional groups attached to an aromatic ring is 1. The van der Waals surface area contributed by atoms with E-state index in [-0.39, 0.29) is 5.82 Å². The normalized spacial score (nSPS) is 10.8. The first-order chi connectivity index (χ1) is 6.61. The van der Waals surface area contributed by atoms with Gasteiger partial charge in [0.05, 0.1) is 4.88 Å². The molecule has 0 aliphatic heterocycles. The minimum Gasteiger partial charge on any atom is -0.381 e. The maximum atomic E-state index is 13.5. The van der Waals surface area contributed by atoms with E-state index in [1.165, 1.54) is 16.0 Å². The van der Waals surface area contributed by atoms with Gasteiger partial charge in [-0.2, -0.15) is 5.10 Å². The summed E-state index contributed by atoms with van der Waals surface area (Å²) in [7, 11) is 1.61. The van der Waals surface area contributed by atoms with Crippen LogP contribution in [-0.4, -0.2) is 9.78 Å². The summed E-state index contributed by atoms with van der Waals surface area (Å²) in [6.45, 7) is 0. The zero-order valence-corrected chi connectivity index (χ0v) is 9.69. The van der Waals surface area contributed by atoms with Gasteiger partial charge in [0.25, 0.3) is 0 Å². The summed E-state index contributed by atoms with van der Waals surface area (Å²) < 4.78 is 15.7. The first-order valence-electron chi connectivity index (χ1n) is 3.82. The van der Waals surface area contributed by atoms with E-state index < -0.39 is 5.82 Å². The lowest BCUT2D eigenvalue weighted by Gasteiger charge is -1.91. The molecule has 14 heavy (non-hydrogen) atoms. The Balaban J connectivity index is 2.63. The molecule has 0 spiro atoms. The SMILES string of the molecule is Cn1nc(-c2sccc2Br)c(F)c1N. The number of aromatic nitrogens is 2. The number of halogens is 2. The van der Waals surface area contributed by atoms with Gasteiger partial charge in [0.15, 0.2) is 11.6 Å². The van der Waals surface area contributed by atoms with Gasteiger partial charge in [0.1, 0.15) is 5.69 Å². The second-order valence-corrected chi connectivity index (χ2v) is 4.54. The molecular weight excluding hydrogens is 269 g/mol. The molecule has 74 valence electrons. The van der Waals surface area contributed by atoms with Crippen molar-refractivity contribution < 1.29 is 4.39 Å². The summed E-state index contributed by atoms with van der Waals surface area (Å²) in [5.74, 6) is -0.407. The Kier molecular flexibility index (Phi) is 2.32. The minimum absolute atomic E-state index is 0.0558. The van der Waals surface area contributed by atoms with E-state index >= 15 is 0 Å². The van der Waals surface area contributed by atoms with Crippen molar-refractivity contribution in [3.8, 4) is 10.6 Å². The Morgan fingerprint density at radius 1 is 1.64 bits per heavy atom. The molecule has 0 bridgehead atoms. The van der Waals surface area contributed by atoms with Gasteiger partial charge < -0.3 is 5.73 Å². The molecule has 2 rings (SSSR count). The molecule has 0 unspecified atom stereocenters. The van der Waals surface area contributed by atoms with Crippen molar-refractivity contribution in [2.45, 2.75) is 0 Å². The van der Waals surface area contributed by atoms with Gasteiger partial charge in [-0.3, -0.25) is 0 Å². The van der Waals surface area contributed by atoms with Crippen molar-refractivity contribution in [2.24, 2.45) is 7.05 Å². The molecule has 2 aromatic heterocycles. The lowest BCUT2D eigenvalue weighted by atomic mass is 10.3. The van der Waals surface area contributed by atoms with Crippen LogP contribution in [-0.2, 0) is 7.05 Å². The first-order valence-corrected chi connectivity index (χ1v) is 5.50. The predicted octanol–water partition coefficient (Wildman–Crippen LogP) is 2.63. The van der Waals surface area contributed by atoms with Gasteiger partial charge in [-0.15, -0.1) is 11.3 Å². The van der Waals surface area contributed by atoms with Crippen LogP contribution in [0.1, 0.15) is 0 Å². The molecule has 0 saturated heterocycles. The Morgan fingerprint density at radius 2 is 2.36 bits per heavy atom. The summed E-state index contributed by atoms with van der Waals surface area (Å²) in [6, 6.07) is 1.85. The zero-order valence-electron chi connectivity index (χ0n) is 7.29. The molecule has 0 amide bonds. The number of hydrogen-bond acceptors (Lipinski definition) is 3. The number of aryl methyl sites for hydroxylation is 1. The number of thiophene rings is 1. The van der Waals surface area contributed by atoms with Gasteiger partial charge in [0.2, 0.25) is 0 Å². The van der Waals surface area contributed by atoms with Crippen LogP contribution in [0, 0.1) is 5.82 Å². The number of hydrogen-bond donors (Lipinski definition) is 1. The van der Waals surface area contributed by atoms with Gasteiger partial charge >= 0.3 is 0 Å². The Bertz CT molecular complexity index is 477.